The summed E-state index contributed by atoms with van der Waals surface area (Å²) in [6.07, 6.45) is -0.196. The Morgan fingerprint density at radius 2 is 1.60 bits per heavy atom. The summed E-state index contributed by atoms with van der Waals surface area (Å²) in [4.78, 5) is 14.7. The van der Waals surface area contributed by atoms with Gasteiger partial charge in [-0.15, -0.1) is 0 Å². The number of carbonyl (C=O) groups excluding carboxylic acids is 1. The molecule has 0 amide bonds. The Bertz CT molecular complexity index is 1490. The molecule has 0 aliphatic carbocycles. The monoisotopic (exact) mass is 590 g/mol. The molecule has 7 nitrogen and oxygen atoms in total. The number of carbonyl (C=O) groups is 1. The molecule has 0 unspecified atom stereocenters. The maximum absolute atomic E-state index is 16.5. The molecule has 1 aliphatic rings. The SMILES string of the molecule is CCOC(=O)c1noc2c(F)c(N3C[C@@H](C)O[C@@H](C)C3)c(CO[Si](c3ccccc3)(c3ccccc3)C(C)(C)C)cc12. The van der Waals surface area contributed by atoms with E-state index >= 15 is 4.39 Å². The van der Waals surface area contributed by atoms with Crippen molar-refractivity contribution in [2.24, 2.45) is 0 Å². The summed E-state index contributed by atoms with van der Waals surface area (Å²) >= 11 is 0. The maximum atomic E-state index is 16.5. The summed E-state index contributed by atoms with van der Waals surface area (Å²) in [6.45, 7) is 13.6. The summed E-state index contributed by atoms with van der Waals surface area (Å²) < 4.78 is 40.3. The molecule has 222 valence electrons. The highest BCUT2D eigenvalue weighted by Crippen LogP contribution is 2.40. The van der Waals surface area contributed by atoms with Gasteiger partial charge in [0.15, 0.2) is 11.5 Å². The number of halogens is 1. The summed E-state index contributed by atoms with van der Waals surface area (Å²) in [7, 11) is -2.94. The topological polar surface area (TPSA) is 74.0 Å². The number of nitrogens with zero attached hydrogens (tertiary/aromatic N) is 2. The van der Waals surface area contributed by atoms with E-state index in [-0.39, 0.29) is 47.1 Å². The van der Waals surface area contributed by atoms with Crippen molar-refractivity contribution >= 4 is 41.3 Å². The van der Waals surface area contributed by atoms with Gasteiger partial charge in [-0.05, 0) is 42.2 Å². The molecule has 0 radical (unpaired) electrons. The van der Waals surface area contributed by atoms with Crippen molar-refractivity contribution in [3.8, 4) is 0 Å². The van der Waals surface area contributed by atoms with E-state index in [1.165, 1.54) is 0 Å². The van der Waals surface area contributed by atoms with E-state index < -0.39 is 20.1 Å². The van der Waals surface area contributed by atoms with Crippen LogP contribution in [0.25, 0.3) is 11.0 Å². The van der Waals surface area contributed by atoms with Crippen molar-refractivity contribution in [3.05, 3.63) is 83.8 Å². The molecule has 1 fully saturated rings. The highest BCUT2D eigenvalue weighted by Gasteiger charge is 2.50. The Hall–Kier alpha value is -3.53. The molecule has 1 saturated heterocycles. The average Bonchev–Trinajstić information content (AvgIpc) is 3.38. The van der Waals surface area contributed by atoms with Crippen LogP contribution in [0.1, 0.15) is 57.6 Å². The van der Waals surface area contributed by atoms with E-state index in [9.17, 15) is 4.79 Å². The lowest BCUT2D eigenvalue weighted by Crippen LogP contribution is -2.66. The van der Waals surface area contributed by atoms with Gasteiger partial charge in [0, 0.05) is 18.7 Å². The Kier molecular flexibility index (Phi) is 8.55. The lowest BCUT2D eigenvalue weighted by atomic mass is 10.1. The van der Waals surface area contributed by atoms with Gasteiger partial charge < -0.3 is 23.3 Å². The fourth-order valence-electron chi connectivity index (χ4n) is 6.19. The molecule has 0 saturated carbocycles. The zero-order valence-electron chi connectivity index (χ0n) is 25.1. The quantitative estimate of drug-likeness (QED) is 0.189. The van der Waals surface area contributed by atoms with Gasteiger partial charge >= 0.3 is 5.97 Å². The first-order valence-electron chi connectivity index (χ1n) is 14.5. The van der Waals surface area contributed by atoms with Gasteiger partial charge in [0.25, 0.3) is 8.32 Å². The third-order valence-electron chi connectivity index (χ3n) is 7.82. The van der Waals surface area contributed by atoms with Crippen LogP contribution < -0.4 is 15.3 Å². The van der Waals surface area contributed by atoms with Gasteiger partial charge in [0.1, 0.15) is 0 Å². The van der Waals surface area contributed by atoms with Crippen LogP contribution in [0.5, 0.6) is 0 Å². The van der Waals surface area contributed by atoms with Crippen LogP contribution in [0.2, 0.25) is 5.04 Å². The summed E-state index contributed by atoms with van der Waals surface area (Å²) in [5.41, 5.74) is 0.874. The second-order valence-corrected chi connectivity index (χ2v) is 16.2. The standard InChI is InChI=1S/C33H39FN2O5Si/c1-7-38-32(37)29-27-18-24(30(28(34)31(27)41-35-29)36-19-22(2)40-23(3)20-36)21-39-42(33(4,5)6,25-14-10-8-11-15-25)26-16-12-9-13-17-26/h8-18,22-23H,7,19-21H2,1-6H3/t22-,23+. The minimum absolute atomic E-state index is 0.0484. The molecular weight excluding hydrogens is 551 g/mol. The Labute approximate surface area is 247 Å². The normalized spacial score (nSPS) is 17.9. The third kappa shape index (κ3) is 5.48. The van der Waals surface area contributed by atoms with Crippen LogP contribution in [-0.2, 0) is 20.5 Å². The van der Waals surface area contributed by atoms with Crippen molar-refractivity contribution in [1.29, 1.82) is 0 Å². The molecule has 2 atom stereocenters. The fourth-order valence-corrected chi connectivity index (χ4v) is 10.7. The molecule has 4 aromatic rings. The second kappa shape index (κ2) is 12.0. The average molecular weight is 591 g/mol. The Morgan fingerprint density at radius 3 is 2.12 bits per heavy atom. The van der Waals surface area contributed by atoms with Gasteiger partial charge in [-0.2, -0.15) is 0 Å². The highest BCUT2D eigenvalue weighted by molar-refractivity contribution is 6.99. The fraction of sp³-hybridized carbons (Fsp3) is 0.394. The van der Waals surface area contributed by atoms with Crippen molar-refractivity contribution in [2.75, 3.05) is 24.6 Å². The number of esters is 1. The van der Waals surface area contributed by atoms with Crippen LogP contribution in [0.15, 0.2) is 71.3 Å². The minimum Gasteiger partial charge on any atom is -0.461 e. The first-order chi connectivity index (χ1) is 20.1. The molecule has 0 N–H and O–H groups in total. The zero-order chi connectivity index (χ0) is 30.1. The number of anilines is 1. The molecule has 0 spiro atoms. The van der Waals surface area contributed by atoms with Crippen molar-refractivity contribution in [3.63, 3.8) is 0 Å². The molecule has 42 heavy (non-hydrogen) atoms. The summed E-state index contributed by atoms with van der Waals surface area (Å²) in [5.74, 6) is -1.23. The first kappa shape index (κ1) is 29.9. The van der Waals surface area contributed by atoms with Gasteiger partial charge in [-0.1, -0.05) is 86.6 Å². The molecule has 1 aromatic heterocycles. The minimum atomic E-state index is -2.94. The molecular formula is C33H39FN2O5Si. The molecule has 2 heterocycles. The number of rotatable bonds is 8. The highest BCUT2D eigenvalue weighted by atomic mass is 28.4. The van der Waals surface area contributed by atoms with E-state index in [1.54, 1.807) is 13.0 Å². The Balaban J connectivity index is 1.69. The number of aromatic nitrogens is 1. The number of hydrogen-bond acceptors (Lipinski definition) is 7. The lowest BCUT2D eigenvalue weighted by molar-refractivity contribution is -0.00549. The third-order valence-corrected chi connectivity index (χ3v) is 12.8. The smallest absolute Gasteiger partial charge is 0.361 e. The van der Waals surface area contributed by atoms with Crippen molar-refractivity contribution < 1.29 is 27.6 Å². The van der Waals surface area contributed by atoms with E-state index in [4.69, 9.17) is 18.4 Å². The molecule has 1 aliphatic heterocycles. The second-order valence-electron chi connectivity index (χ2n) is 11.9. The zero-order valence-corrected chi connectivity index (χ0v) is 26.1. The van der Waals surface area contributed by atoms with Crippen molar-refractivity contribution in [2.45, 2.75) is 65.4 Å². The van der Waals surface area contributed by atoms with Gasteiger partial charge in [-0.25, -0.2) is 9.18 Å². The van der Waals surface area contributed by atoms with E-state index in [0.717, 1.165) is 10.4 Å². The van der Waals surface area contributed by atoms with Crippen LogP contribution in [-0.4, -0.2) is 51.3 Å². The molecule has 9 heteroatoms. The summed E-state index contributed by atoms with van der Waals surface area (Å²) in [5, 5.41) is 6.15. The number of morpholine rings is 1. The van der Waals surface area contributed by atoms with Crippen molar-refractivity contribution in [1.82, 2.24) is 5.16 Å². The molecule has 5 rings (SSSR count). The van der Waals surface area contributed by atoms with Gasteiger partial charge in [0.05, 0.1) is 36.5 Å². The number of hydrogen-bond donors (Lipinski definition) is 0. The van der Waals surface area contributed by atoms with Gasteiger partial charge in [-0.3, -0.25) is 0 Å². The predicted molar refractivity (Wildman–Crippen MR) is 165 cm³/mol. The maximum Gasteiger partial charge on any atom is 0.361 e. The van der Waals surface area contributed by atoms with E-state index in [2.05, 4.69) is 50.2 Å². The van der Waals surface area contributed by atoms with Crippen LogP contribution in [0, 0.1) is 5.82 Å². The summed E-state index contributed by atoms with van der Waals surface area (Å²) in [6, 6.07) is 22.4. The van der Waals surface area contributed by atoms with Crippen LogP contribution >= 0.6 is 0 Å². The molecule has 3 aromatic carbocycles. The van der Waals surface area contributed by atoms with Crippen LogP contribution in [0.3, 0.4) is 0 Å². The largest absolute Gasteiger partial charge is 0.461 e. The number of benzene rings is 3. The predicted octanol–water partition coefficient (Wildman–Crippen LogP) is 5.83. The number of fused-ring (bicyclic) bond motifs is 1. The van der Waals surface area contributed by atoms with Crippen LogP contribution in [0.4, 0.5) is 10.1 Å². The van der Waals surface area contributed by atoms with Gasteiger partial charge in [0.2, 0.25) is 5.58 Å². The van der Waals surface area contributed by atoms with E-state index in [0.29, 0.717) is 24.3 Å². The first-order valence-corrected chi connectivity index (χ1v) is 16.4. The Morgan fingerprint density at radius 1 is 1.02 bits per heavy atom. The van der Waals surface area contributed by atoms with E-state index in [1.807, 2.05) is 55.1 Å². The molecule has 0 bridgehead atoms. The number of ether oxygens (including phenoxy) is 2. The lowest BCUT2D eigenvalue weighted by Gasteiger charge is -2.43.